The molecule has 0 radical (unpaired) electrons. The van der Waals surface area contributed by atoms with Crippen molar-refractivity contribution in [2.75, 3.05) is 12.4 Å². The van der Waals surface area contributed by atoms with Gasteiger partial charge in [0.15, 0.2) is 5.11 Å². The highest BCUT2D eigenvalue weighted by Gasteiger charge is 2.05. The minimum absolute atomic E-state index is 0.137. The van der Waals surface area contributed by atoms with Gasteiger partial charge in [-0.3, -0.25) is 5.32 Å². The second-order valence-corrected chi connectivity index (χ2v) is 3.87. The number of nitrogens with one attached hydrogen (secondary N) is 2. The summed E-state index contributed by atoms with van der Waals surface area (Å²) in [5.41, 5.74) is 1.68. The number of methoxy groups -OCH3 is 1. The number of amides is 1. The molecule has 1 aromatic rings. The van der Waals surface area contributed by atoms with Crippen LogP contribution in [0.5, 0.6) is 0 Å². The van der Waals surface area contributed by atoms with E-state index in [0.29, 0.717) is 10.7 Å². The van der Waals surface area contributed by atoms with Crippen LogP contribution in [0, 0.1) is 6.92 Å². The van der Waals surface area contributed by atoms with Crippen molar-refractivity contribution in [1.29, 1.82) is 0 Å². The highest BCUT2D eigenvalue weighted by molar-refractivity contribution is 7.80. The van der Waals surface area contributed by atoms with Crippen LogP contribution in [0.1, 0.15) is 5.56 Å². The summed E-state index contributed by atoms with van der Waals surface area (Å²) in [6.45, 7) is 1.93. The summed E-state index contributed by atoms with van der Waals surface area (Å²) in [5, 5.41) is 5.78. The molecule has 16 heavy (non-hydrogen) atoms. The summed E-state index contributed by atoms with van der Waals surface area (Å²) < 4.78 is 4.40. The Bertz CT molecular complexity index is 423. The summed E-state index contributed by atoms with van der Waals surface area (Å²) in [7, 11) is 1.26. The molecule has 86 valence electrons. The lowest BCUT2D eigenvalue weighted by Gasteiger charge is -2.10. The molecule has 0 spiro atoms. The van der Waals surface area contributed by atoms with Gasteiger partial charge in [0.05, 0.1) is 17.8 Å². The lowest BCUT2D eigenvalue weighted by molar-refractivity contribution is 0.177. The summed E-state index contributed by atoms with van der Waals surface area (Å²) >= 11 is 10.9. The molecule has 1 aromatic carbocycles. The molecule has 4 nitrogen and oxygen atoms in total. The van der Waals surface area contributed by atoms with E-state index in [9.17, 15) is 4.79 Å². The minimum Gasteiger partial charge on any atom is -0.453 e. The summed E-state index contributed by atoms with van der Waals surface area (Å²) in [6, 6.07) is 5.46. The largest absolute Gasteiger partial charge is 0.453 e. The van der Waals surface area contributed by atoms with Crippen molar-refractivity contribution >= 4 is 40.7 Å². The van der Waals surface area contributed by atoms with Crippen LogP contribution in [0.3, 0.4) is 0 Å². The van der Waals surface area contributed by atoms with E-state index in [1.807, 2.05) is 13.0 Å². The van der Waals surface area contributed by atoms with Gasteiger partial charge in [-0.1, -0.05) is 17.7 Å². The van der Waals surface area contributed by atoms with Crippen LogP contribution in [-0.4, -0.2) is 18.3 Å². The van der Waals surface area contributed by atoms with Crippen molar-refractivity contribution in [3.8, 4) is 0 Å². The molecule has 0 bridgehead atoms. The maximum Gasteiger partial charge on any atom is 0.413 e. The number of hydrogen-bond acceptors (Lipinski definition) is 3. The molecule has 1 rings (SSSR count). The topological polar surface area (TPSA) is 50.4 Å². The molecule has 0 aromatic heterocycles. The third-order valence-electron chi connectivity index (χ3n) is 1.77. The van der Waals surface area contributed by atoms with Crippen LogP contribution in [0.25, 0.3) is 0 Å². The van der Waals surface area contributed by atoms with E-state index >= 15 is 0 Å². The number of benzene rings is 1. The van der Waals surface area contributed by atoms with E-state index in [-0.39, 0.29) is 5.11 Å². The predicted octanol–water partition coefficient (Wildman–Crippen LogP) is 2.70. The lowest BCUT2D eigenvalue weighted by atomic mass is 10.2. The first kappa shape index (κ1) is 12.7. The van der Waals surface area contributed by atoms with Crippen LogP contribution in [-0.2, 0) is 4.74 Å². The molecule has 6 heteroatoms. The Balaban J connectivity index is 2.66. The molecule has 0 atom stereocenters. The van der Waals surface area contributed by atoms with E-state index in [2.05, 4.69) is 15.4 Å². The van der Waals surface area contributed by atoms with Crippen molar-refractivity contribution in [3.05, 3.63) is 28.8 Å². The zero-order valence-electron chi connectivity index (χ0n) is 8.83. The standard InChI is InChI=1S/C10H11ClN2O2S/c1-6-3-4-8(7(11)5-6)12-9(16)13-10(14)15-2/h3-5H,1-2H3,(H2,12,13,14,16). The summed E-state index contributed by atoms with van der Waals surface area (Å²) in [4.78, 5) is 10.9. The number of ether oxygens (including phenoxy) is 1. The molecule has 0 fully saturated rings. The van der Waals surface area contributed by atoms with Crippen molar-refractivity contribution in [3.63, 3.8) is 0 Å². The summed E-state index contributed by atoms with van der Waals surface area (Å²) in [6.07, 6.45) is -0.624. The average molecular weight is 259 g/mol. The highest BCUT2D eigenvalue weighted by atomic mass is 35.5. The fourth-order valence-electron chi connectivity index (χ4n) is 1.02. The van der Waals surface area contributed by atoms with E-state index in [1.54, 1.807) is 12.1 Å². The first-order chi connectivity index (χ1) is 7.52. The minimum atomic E-state index is -0.624. The third kappa shape index (κ3) is 3.67. The number of anilines is 1. The van der Waals surface area contributed by atoms with Crippen LogP contribution in [0.2, 0.25) is 5.02 Å². The van der Waals surface area contributed by atoms with Crippen molar-refractivity contribution in [2.45, 2.75) is 6.92 Å². The van der Waals surface area contributed by atoms with Gasteiger partial charge in [-0.2, -0.15) is 0 Å². The van der Waals surface area contributed by atoms with E-state index in [0.717, 1.165) is 5.56 Å². The number of thiocarbonyl (C=S) groups is 1. The van der Waals surface area contributed by atoms with Gasteiger partial charge in [0.1, 0.15) is 0 Å². The molecule has 0 heterocycles. The molecule has 0 unspecified atom stereocenters. The molecule has 2 N–H and O–H groups in total. The second kappa shape index (κ2) is 5.67. The molecular formula is C10H11ClN2O2S. The van der Waals surface area contributed by atoms with Crippen LogP contribution in [0.4, 0.5) is 10.5 Å². The van der Waals surface area contributed by atoms with Crippen LogP contribution in [0.15, 0.2) is 18.2 Å². The van der Waals surface area contributed by atoms with Gasteiger partial charge in [0.2, 0.25) is 0 Å². The van der Waals surface area contributed by atoms with Gasteiger partial charge >= 0.3 is 6.09 Å². The van der Waals surface area contributed by atoms with Crippen molar-refractivity contribution in [1.82, 2.24) is 5.32 Å². The Labute approximate surface area is 104 Å². The first-order valence-electron chi connectivity index (χ1n) is 4.45. The Morgan fingerprint density at radius 3 is 2.75 bits per heavy atom. The normalized spacial score (nSPS) is 9.44. The molecule has 0 saturated carbocycles. The van der Waals surface area contributed by atoms with Crippen LogP contribution < -0.4 is 10.6 Å². The number of aryl methyl sites for hydroxylation is 1. The molecular weight excluding hydrogens is 248 g/mol. The fraction of sp³-hybridized carbons (Fsp3) is 0.200. The number of carbonyl (C=O) groups excluding carboxylic acids is 1. The van der Waals surface area contributed by atoms with Crippen molar-refractivity contribution in [2.24, 2.45) is 0 Å². The molecule has 0 aliphatic rings. The van der Waals surface area contributed by atoms with Gasteiger partial charge in [-0.05, 0) is 36.8 Å². The van der Waals surface area contributed by atoms with E-state index < -0.39 is 6.09 Å². The van der Waals surface area contributed by atoms with Crippen molar-refractivity contribution < 1.29 is 9.53 Å². The van der Waals surface area contributed by atoms with E-state index in [1.165, 1.54) is 7.11 Å². The first-order valence-corrected chi connectivity index (χ1v) is 5.23. The smallest absolute Gasteiger partial charge is 0.413 e. The number of rotatable bonds is 1. The predicted molar refractivity (Wildman–Crippen MR) is 68.0 cm³/mol. The Morgan fingerprint density at radius 2 is 2.19 bits per heavy atom. The van der Waals surface area contributed by atoms with Gasteiger partial charge in [0, 0.05) is 0 Å². The zero-order chi connectivity index (χ0) is 12.1. The molecule has 0 saturated heterocycles. The zero-order valence-corrected chi connectivity index (χ0v) is 10.4. The lowest BCUT2D eigenvalue weighted by Crippen LogP contribution is -2.33. The molecule has 0 aliphatic carbocycles. The third-order valence-corrected chi connectivity index (χ3v) is 2.29. The van der Waals surface area contributed by atoms with Gasteiger partial charge in [-0.15, -0.1) is 0 Å². The fourth-order valence-corrected chi connectivity index (χ4v) is 1.49. The van der Waals surface area contributed by atoms with Gasteiger partial charge < -0.3 is 10.1 Å². The Kier molecular flexibility index (Phi) is 4.52. The summed E-state index contributed by atoms with van der Waals surface area (Å²) in [5.74, 6) is 0. The van der Waals surface area contributed by atoms with Crippen LogP contribution >= 0.6 is 23.8 Å². The van der Waals surface area contributed by atoms with E-state index in [4.69, 9.17) is 23.8 Å². The second-order valence-electron chi connectivity index (χ2n) is 3.05. The quantitative estimate of drug-likeness (QED) is 0.761. The number of alkyl carbamates (subject to hydrolysis) is 1. The maximum atomic E-state index is 10.9. The molecule has 1 amide bonds. The SMILES string of the molecule is COC(=O)NC(=S)Nc1ccc(C)cc1Cl. The Morgan fingerprint density at radius 1 is 1.50 bits per heavy atom. The number of halogens is 1. The number of carbonyl (C=O) groups is 1. The number of hydrogen-bond donors (Lipinski definition) is 2. The Hall–Kier alpha value is -1.33. The van der Waals surface area contributed by atoms with Gasteiger partial charge in [0.25, 0.3) is 0 Å². The molecule has 0 aliphatic heterocycles. The van der Waals surface area contributed by atoms with Gasteiger partial charge in [-0.25, -0.2) is 4.79 Å². The average Bonchev–Trinajstić information content (AvgIpc) is 2.22. The monoisotopic (exact) mass is 258 g/mol. The maximum absolute atomic E-state index is 10.9. The highest BCUT2D eigenvalue weighted by Crippen LogP contribution is 2.22.